The van der Waals surface area contributed by atoms with E-state index in [4.69, 9.17) is 5.73 Å². The summed E-state index contributed by atoms with van der Waals surface area (Å²) in [5.41, 5.74) is 6.58. The Balaban J connectivity index is 1.97. The Morgan fingerprint density at radius 2 is 1.80 bits per heavy atom. The molecule has 1 heterocycles. The number of hydrogen-bond donors (Lipinski definition) is 1. The largest absolute Gasteiger partial charge is 0.329 e. The van der Waals surface area contributed by atoms with Crippen molar-refractivity contribution in [3.05, 3.63) is 0 Å². The molecule has 2 unspecified atom stereocenters. The molecule has 2 aliphatic rings. The Labute approximate surface area is 125 Å². The summed E-state index contributed by atoms with van der Waals surface area (Å²) in [6, 6.07) is 0.685. The molecule has 20 heavy (non-hydrogen) atoms. The van der Waals surface area contributed by atoms with Crippen molar-refractivity contribution in [1.29, 1.82) is 0 Å². The molecule has 1 aliphatic heterocycles. The van der Waals surface area contributed by atoms with Gasteiger partial charge in [0.1, 0.15) is 0 Å². The summed E-state index contributed by atoms with van der Waals surface area (Å²) in [6.07, 6.45) is 8.18. The van der Waals surface area contributed by atoms with E-state index in [1.54, 1.807) is 0 Å². The van der Waals surface area contributed by atoms with E-state index in [9.17, 15) is 0 Å². The van der Waals surface area contributed by atoms with Crippen LogP contribution < -0.4 is 5.73 Å². The minimum atomic E-state index is 0.312. The van der Waals surface area contributed by atoms with Gasteiger partial charge in [0, 0.05) is 44.3 Å². The van der Waals surface area contributed by atoms with E-state index in [1.807, 2.05) is 0 Å². The van der Waals surface area contributed by atoms with Gasteiger partial charge in [-0.15, -0.1) is 0 Å². The van der Waals surface area contributed by atoms with Gasteiger partial charge in [-0.1, -0.05) is 26.2 Å². The first-order valence-electron chi connectivity index (χ1n) is 8.80. The molecular formula is C17H35N3. The van der Waals surface area contributed by atoms with Crippen LogP contribution in [-0.4, -0.2) is 54.1 Å². The second kappa shape index (κ2) is 7.24. The molecule has 0 spiro atoms. The molecule has 0 amide bonds. The summed E-state index contributed by atoms with van der Waals surface area (Å²) < 4.78 is 0. The lowest BCUT2D eigenvalue weighted by atomic mass is 9.86. The van der Waals surface area contributed by atoms with Gasteiger partial charge in [-0.2, -0.15) is 0 Å². The first-order valence-corrected chi connectivity index (χ1v) is 8.80. The van der Waals surface area contributed by atoms with Crippen molar-refractivity contribution in [3.63, 3.8) is 0 Å². The Morgan fingerprint density at radius 1 is 1.10 bits per heavy atom. The van der Waals surface area contributed by atoms with Crippen molar-refractivity contribution in [2.24, 2.45) is 11.7 Å². The maximum absolute atomic E-state index is 6.26. The average Bonchev–Trinajstić information content (AvgIpc) is 2.70. The van der Waals surface area contributed by atoms with Crippen LogP contribution in [0.4, 0.5) is 0 Å². The third-order valence-electron chi connectivity index (χ3n) is 5.95. The number of piperazine rings is 1. The second-order valence-corrected chi connectivity index (χ2v) is 7.25. The van der Waals surface area contributed by atoms with Crippen LogP contribution in [0.15, 0.2) is 0 Å². The van der Waals surface area contributed by atoms with Crippen LogP contribution in [0.1, 0.15) is 59.3 Å². The first kappa shape index (κ1) is 16.3. The van der Waals surface area contributed by atoms with Crippen molar-refractivity contribution in [2.45, 2.75) is 70.9 Å². The number of rotatable bonds is 4. The third-order valence-corrected chi connectivity index (χ3v) is 5.95. The molecule has 1 aliphatic carbocycles. The van der Waals surface area contributed by atoms with Crippen molar-refractivity contribution >= 4 is 0 Å². The lowest BCUT2D eigenvalue weighted by Gasteiger charge is -2.48. The lowest BCUT2D eigenvalue weighted by Crippen LogP contribution is -2.60. The normalized spacial score (nSPS) is 34.4. The molecule has 2 N–H and O–H groups in total. The zero-order valence-electron chi connectivity index (χ0n) is 13.9. The van der Waals surface area contributed by atoms with Gasteiger partial charge in [-0.05, 0) is 39.0 Å². The highest BCUT2D eigenvalue weighted by molar-refractivity contribution is 4.96. The highest BCUT2D eigenvalue weighted by Gasteiger charge is 2.38. The summed E-state index contributed by atoms with van der Waals surface area (Å²) in [5.74, 6) is 0.945. The van der Waals surface area contributed by atoms with Gasteiger partial charge in [0.25, 0.3) is 0 Å². The predicted molar refractivity (Wildman–Crippen MR) is 86.9 cm³/mol. The molecule has 0 aromatic carbocycles. The van der Waals surface area contributed by atoms with E-state index in [0.717, 1.165) is 12.5 Å². The zero-order valence-corrected chi connectivity index (χ0v) is 13.9. The van der Waals surface area contributed by atoms with E-state index in [2.05, 4.69) is 30.6 Å². The Hall–Kier alpha value is -0.120. The van der Waals surface area contributed by atoms with Gasteiger partial charge in [-0.3, -0.25) is 9.80 Å². The van der Waals surface area contributed by atoms with Crippen molar-refractivity contribution in [2.75, 3.05) is 32.7 Å². The van der Waals surface area contributed by atoms with Crippen LogP contribution >= 0.6 is 0 Å². The monoisotopic (exact) mass is 281 g/mol. The number of nitrogens with two attached hydrogens (primary N) is 1. The van der Waals surface area contributed by atoms with Crippen LogP contribution in [0, 0.1) is 5.92 Å². The molecular weight excluding hydrogens is 246 g/mol. The van der Waals surface area contributed by atoms with Crippen molar-refractivity contribution in [1.82, 2.24) is 9.80 Å². The quantitative estimate of drug-likeness (QED) is 0.804. The fraction of sp³-hybridized carbons (Fsp3) is 1.00. The van der Waals surface area contributed by atoms with Gasteiger partial charge in [-0.25, -0.2) is 0 Å². The molecule has 0 aromatic heterocycles. The van der Waals surface area contributed by atoms with Gasteiger partial charge in [0.05, 0.1) is 0 Å². The summed E-state index contributed by atoms with van der Waals surface area (Å²) in [4.78, 5) is 5.34. The molecule has 118 valence electrons. The van der Waals surface area contributed by atoms with E-state index in [0.29, 0.717) is 11.6 Å². The van der Waals surface area contributed by atoms with E-state index >= 15 is 0 Å². The second-order valence-electron chi connectivity index (χ2n) is 7.25. The fourth-order valence-electron chi connectivity index (χ4n) is 4.23. The summed E-state index contributed by atoms with van der Waals surface area (Å²) in [5, 5.41) is 0. The van der Waals surface area contributed by atoms with E-state index in [-0.39, 0.29) is 0 Å². The maximum atomic E-state index is 6.26. The molecule has 2 fully saturated rings. The molecule has 0 aromatic rings. The summed E-state index contributed by atoms with van der Waals surface area (Å²) >= 11 is 0. The minimum Gasteiger partial charge on any atom is -0.329 e. The number of nitrogens with zero attached hydrogens (tertiary/aromatic N) is 2. The third kappa shape index (κ3) is 3.55. The Bertz CT molecular complexity index is 284. The van der Waals surface area contributed by atoms with Crippen LogP contribution in [0.2, 0.25) is 0 Å². The van der Waals surface area contributed by atoms with Crippen LogP contribution in [0.3, 0.4) is 0 Å². The van der Waals surface area contributed by atoms with Crippen LogP contribution in [-0.2, 0) is 0 Å². The molecule has 1 saturated carbocycles. The molecule has 1 saturated heterocycles. The standard InChI is InChI=1S/C17H35N3/c1-4-16-6-5-8-17(14-18,9-7-16)20-12-10-19(11-13-20)15(2)3/h15-16H,4-14,18H2,1-3H3. The predicted octanol–water partition coefficient (Wildman–Crippen LogP) is 2.70. The van der Waals surface area contributed by atoms with Crippen molar-refractivity contribution in [3.8, 4) is 0 Å². The molecule has 0 radical (unpaired) electrons. The minimum absolute atomic E-state index is 0.312. The molecule has 3 nitrogen and oxygen atoms in total. The number of hydrogen-bond acceptors (Lipinski definition) is 3. The maximum Gasteiger partial charge on any atom is 0.0332 e. The highest BCUT2D eigenvalue weighted by Crippen LogP contribution is 2.36. The molecule has 2 rings (SSSR count). The van der Waals surface area contributed by atoms with Crippen LogP contribution in [0.5, 0.6) is 0 Å². The summed E-state index contributed by atoms with van der Waals surface area (Å²) in [7, 11) is 0. The average molecular weight is 281 g/mol. The van der Waals surface area contributed by atoms with Gasteiger partial charge >= 0.3 is 0 Å². The topological polar surface area (TPSA) is 32.5 Å². The zero-order chi connectivity index (χ0) is 14.6. The summed E-state index contributed by atoms with van der Waals surface area (Å²) in [6.45, 7) is 12.7. The van der Waals surface area contributed by atoms with Crippen molar-refractivity contribution < 1.29 is 0 Å². The van der Waals surface area contributed by atoms with E-state index in [1.165, 1.54) is 64.7 Å². The van der Waals surface area contributed by atoms with E-state index < -0.39 is 0 Å². The fourth-order valence-corrected chi connectivity index (χ4v) is 4.23. The molecule has 0 bridgehead atoms. The molecule has 2 atom stereocenters. The lowest BCUT2D eigenvalue weighted by molar-refractivity contribution is 0.0166. The molecule has 3 heteroatoms. The van der Waals surface area contributed by atoms with Gasteiger partial charge < -0.3 is 5.73 Å². The Morgan fingerprint density at radius 3 is 2.35 bits per heavy atom. The van der Waals surface area contributed by atoms with Gasteiger partial charge in [0.2, 0.25) is 0 Å². The van der Waals surface area contributed by atoms with Gasteiger partial charge in [0.15, 0.2) is 0 Å². The SMILES string of the molecule is CCC1CCCC(CN)(N2CCN(C(C)C)CC2)CC1. The highest BCUT2D eigenvalue weighted by atomic mass is 15.3. The Kier molecular flexibility index (Phi) is 5.88. The van der Waals surface area contributed by atoms with Crippen LogP contribution in [0.25, 0.3) is 0 Å². The smallest absolute Gasteiger partial charge is 0.0332 e. The first-order chi connectivity index (χ1) is 9.61.